The third kappa shape index (κ3) is 1.66. The van der Waals surface area contributed by atoms with Gasteiger partial charge in [0.2, 0.25) is 11.8 Å². The number of aryl methyl sites for hydroxylation is 2. The molecule has 4 nitrogen and oxygen atoms in total. The Morgan fingerprint density at radius 2 is 1.63 bits per heavy atom. The van der Waals surface area contributed by atoms with Crippen LogP contribution in [0.25, 0.3) is 0 Å². The summed E-state index contributed by atoms with van der Waals surface area (Å²) in [4.78, 5) is 26.2. The van der Waals surface area contributed by atoms with E-state index in [4.69, 9.17) is 5.73 Å². The fourth-order valence-electron chi connectivity index (χ4n) is 3.33. The van der Waals surface area contributed by atoms with Gasteiger partial charge >= 0.3 is 0 Å². The maximum Gasteiger partial charge on any atom is 0.237 e. The van der Waals surface area contributed by atoms with Gasteiger partial charge in [0, 0.05) is 5.69 Å². The van der Waals surface area contributed by atoms with Crippen LogP contribution >= 0.6 is 0 Å². The number of nitrogens with zero attached hydrogens (tertiary/aromatic N) is 1. The van der Waals surface area contributed by atoms with Crippen LogP contribution in [0.15, 0.2) is 12.1 Å². The molecule has 0 bridgehead atoms. The monoisotopic (exact) mass is 258 g/mol. The smallest absolute Gasteiger partial charge is 0.237 e. The number of anilines is 2. The Bertz CT molecular complexity index is 558. The van der Waals surface area contributed by atoms with Crippen molar-refractivity contribution < 1.29 is 9.59 Å². The lowest BCUT2D eigenvalue weighted by Gasteiger charge is -2.19. The van der Waals surface area contributed by atoms with Crippen LogP contribution in [0.1, 0.15) is 30.4 Å². The molecule has 0 spiro atoms. The molecule has 0 aromatic heterocycles. The summed E-state index contributed by atoms with van der Waals surface area (Å²) in [6.45, 7) is 3.84. The summed E-state index contributed by atoms with van der Waals surface area (Å²) in [5, 5.41) is 0. The van der Waals surface area contributed by atoms with Crippen molar-refractivity contribution in [3.05, 3.63) is 23.3 Å². The van der Waals surface area contributed by atoms with Gasteiger partial charge in [-0.05, 0) is 43.9 Å². The summed E-state index contributed by atoms with van der Waals surface area (Å²) in [5.74, 6) is -0.290. The van der Waals surface area contributed by atoms with Crippen molar-refractivity contribution in [2.45, 2.75) is 33.1 Å². The van der Waals surface area contributed by atoms with Gasteiger partial charge in [-0.25, -0.2) is 4.90 Å². The highest BCUT2D eigenvalue weighted by Crippen LogP contribution is 2.42. The molecule has 2 N–H and O–H groups in total. The number of nitrogens with two attached hydrogens (primary N) is 1. The minimum absolute atomic E-state index is 0.0427. The Balaban J connectivity index is 2.06. The molecule has 1 heterocycles. The predicted molar refractivity (Wildman–Crippen MR) is 73.7 cm³/mol. The van der Waals surface area contributed by atoms with Crippen LogP contribution in [0, 0.1) is 25.7 Å². The second kappa shape index (κ2) is 4.08. The van der Waals surface area contributed by atoms with E-state index in [9.17, 15) is 9.59 Å². The summed E-state index contributed by atoms with van der Waals surface area (Å²) in [6, 6.07) is 3.68. The number of imide groups is 1. The maximum atomic E-state index is 12.4. The van der Waals surface area contributed by atoms with Crippen LogP contribution in [0.3, 0.4) is 0 Å². The van der Waals surface area contributed by atoms with E-state index in [-0.39, 0.29) is 23.7 Å². The third-order valence-corrected chi connectivity index (χ3v) is 4.42. The Labute approximate surface area is 112 Å². The molecule has 1 aromatic rings. The minimum Gasteiger partial charge on any atom is -0.398 e. The van der Waals surface area contributed by atoms with E-state index in [1.165, 1.54) is 4.90 Å². The molecule has 1 saturated carbocycles. The van der Waals surface area contributed by atoms with Crippen molar-refractivity contribution >= 4 is 23.2 Å². The molecule has 100 valence electrons. The van der Waals surface area contributed by atoms with E-state index >= 15 is 0 Å². The quantitative estimate of drug-likeness (QED) is 0.620. The van der Waals surface area contributed by atoms with E-state index in [1.807, 2.05) is 19.9 Å². The first kappa shape index (κ1) is 12.2. The van der Waals surface area contributed by atoms with Crippen molar-refractivity contribution in [2.75, 3.05) is 10.6 Å². The number of rotatable bonds is 1. The lowest BCUT2D eigenvalue weighted by atomic mass is 10.00. The highest BCUT2D eigenvalue weighted by Gasteiger charge is 2.50. The molecular weight excluding hydrogens is 240 g/mol. The molecule has 2 unspecified atom stereocenters. The number of hydrogen-bond acceptors (Lipinski definition) is 3. The molecule has 2 aliphatic rings. The average molecular weight is 258 g/mol. The zero-order valence-corrected chi connectivity index (χ0v) is 11.3. The maximum absolute atomic E-state index is 12.4. The zero-order valence-electron chi connectivity index (χ0n) is 11.3. The SMILES string of the molecule is Cc1cc(C)c(N2C(=O)C3CCCC3C2=O)cc1N. The predicted octanol–water partition coefficient (Wildman–Crippen LogP) is 2.18. The van der Waals surface area contributed by atoms with Crippen LogP contribution in [0.5, 0.6) is 0 Å². The lowest BCUT2D eigenvalue weighted by Crippen LogP contribution is -2.32. The molecule has 0 radical (unpaired) electrons. The second-order valence-electron chi connectivity index (χ2n) is 5.65. The normalized spacial score (nSPS) is 26.1. The molecule has 4 heteroatoms. The van der Waals surface area contributed by atoms with Crippen molar-refractivity contribution in [1.29, 1.82) is 0 Å². The van der Waals surface area contributed by atoms with Crippen LogP contribution in [0.4, 0.5) is 11.4 Å². The van der Waals surface area contributed by atoms with Gasteiger partial charge in [-0.3, -0.25) is 9.59 Å². The van der Waals surface area contributed by atoms with E-state index < -0.39 is 0 Å². The number of amides is 2. The summed E-state index contributed by atoms with van der Waals surface area (Å²) in [5.41, 5.74) is 9.09. The van der Waals surface area contributed by atoms with Crippen molar-refractivity contribution in [3.8, 4) is 0 Å². The number of benzene rings is 1. The number of fused-ring (bicyclic) bond motifs is 1. The van der Waals surface area contributed by atoms with Gasteiger partial charge in [0.25, 0.3) is 0 Å². The topological polar surface area (TPSA) is 63.4 Å². The molecule has 1 aliphatic carbocycles. The van der Waals surface area contributed by atoms with Crippen molar-refractivity contribution in [1.82, 2.24) is 0 Å². The van der Waals surface area contributed by atoms with Gasteiger partial charge in [-0.1, -0.05) is 12.5 Å². The molecule has 2 fully saturated rings. The Morgan fingerprint density at radius 3 is 2.21 bits per heavy atom. The van der Waals surface area contributed by atoms with Gasteiger partial charge in [-0.15, -0.1) is 0 Å². The van der Waals surface area contributed by atoms with Crippen LogP contribution in [0.2, 0.25) is 0 Å². The number of nitrogen functional groups attached to an aromatic ring is 1. The fourth-order valence-corrected chi connectivity index (χ4v) is 3.33. The first-order valence-electron chi connectivity index (χ1n) is 6.75. The molecule has 1 aromatic carbocycles. The third-order valence-electron chi connectivity index (χ3n) is 4.42. The molecule has 2 amide bonds. The van der Waals surface area contributed by atoms with Crippen molar-refractivity contribution in [3.63, 3.8) is 0 Å². The lowest BCUT2D eigenvalue weighted by molar-refractivity contribution is -0.122. The Morgan fingerprint density at radius 1 is 1.05 bits per heavy atom. The molecule has 3 rings (SSSR count). The summed E-state index contributed by atoms with van der Waals surface area (Å²) < 4.78 is 0. The molecule has 1 aliphatic heterocycles. The van der Waals surface area contributed by atoms with Gasteiger partial charge in [0.05, 0.1) is 17.5 Å². The molecule has 1 saturated heterocycles. The summed E-state index contributed by atoms with van der Waals surface area (Å²) in [7, 11) is 0. The van der Waals surface area contributed by atoms with E-state index in [0.717, 1.165) is 30.4 Å². The van der Waals surface area contributed by atoms with E-state index in [2.05, 4.69) is 0 Å². The van der Waals surface area contributed by atoms with E-state index in [1.54, 1.807) is 6.07 Å². The summed E-state index contributed by atoms with van der Waals surface area (Å²) in [6.07, 6.45) is 2.66. The minimum atomic E-state index is -0.102. The van der Waals surface area contributed by atoms with Gasteiger partial charge in [0.15, 0.2) is 0 Å². The first-order valence-corrected chi connectivity index (χ1v) is 6.75. The largest absolute Gasteiger partial charge is 0.398 e. The van der Waals surface area contributed by atoms with Gasteiger partial charge in [0.1, 0.15) is 0 Å². The fraction of sp³-hybridized carbons (Fsp3) is 0.467. The number of carbonyl (C=O) groups is 2. The number of hydrogen-bond donors (Lipinski definition) is 1. The number of carbonyl (C=O) groups excluding carboxylic acids is 2. The first-order chi connectivity index (χ1) is 9.00. The van der Waals surface area contributed by atoms with Crippen LogP contribution in [-0.2, 0) is 9.59 Å². The average Bonchev–Trinajstić information content (AvgIpc) is 2.91. The second-order valence-corrected chi connectivity index (χ2v) is 5.65. The highest BCUT2D eigenvalue weighted by atomic mass is 16.2. The van der Waals surface area contributed by atoms with Crippen LogP contribution < -0.4 is 10.6 Å². The van der Waals surface area contributed by atoms with Crippen LogP contribution in [-0.4, -0.2) is 11.8 Å². The Kier molecular flexibility index (Phi) is 2.62. The van der Waals surface area contributed by atoms with E-state index in [0.29, 0.717) is 11.4 Å². The molecule has 2 atom stereocenters. The van der Waals surface area contributed by atoms with Gasteiger partial charge in [-0.2, -0.15) is 0 Å². The van der Waals surface area contributed by atoms with Gasteiger partial charge < -0.3 is 5.73 Å². The summed E-state index contributed by atoms with van der Waals surface area (Å²) >= 11 is 0. The Hall–Kier alpha value is -1.84. The van der Waals surface area contributed by atoms with Crippen molar-refractivity contribution in [2.24, 2.45) is 11.8 Å². The zero-order chi connectivity index (χ0) is 13.7. The molecule has 19 heavy (non-hydrogen) atoms. The molecular formula is C15H18N2O2. The standard InChI is InChI=1S/C15H18N2O2/c1-8-6-9(2)13(7-12(8)16)17-14(18)10-4-3-5-11(10)15(17)19/h6-7,10-11H,3-5,16H2,1-2H3. The highest BCUT2D eigenvalue weighted by molar-refractivity contribution is 6.22.